The largest absolute Gasteiger partial charge is 0.504 e. The highest BCUT2D eigenvalue weighted by Gasteiger charge is 2.49. The summed E-state index contributed by atoms with van der Waals surface area (Å²) in [6, 6.07) is 6.49. The van der Waals surface area contributed by atoms with Gasteiger partial charge in [-0.15, -0.1) is 0 Å². The molecule has 1 aliphatic heterocycles. The number of fused-ring (bicyclic) bond motifs is 2. The molecule has 22 heavy (non-hydrogen) atoms. The maximum absolute atomic E-state index is 10.4. The minimum absolute atomic E-state index is 0.315. The van der Waals surface area contributed by atoms with E-state index < -0.39 is 0 Å². The first kappa shape index (κ1) is 15.7. The highest BCUT2D eigenvalue weighted by Crippen LogP contribution is 2.53. The lowest BCUT2D eigenvalue weighted by Crippen LogP contribution is -2.34. The fourth-order valence-corrected chi connectivity index (χ4v) is 4.95. The Morgan fingerprint density at radius 2 is 2.05 bits per heavy atom. The number of hydrogen-bond acceptors (Lipinski definition) is 3. The Morgan fingerprint density at radius 3 is 2.77 bits per heavy atom. The third-order valence-electron chi connectivity index (χ3n) is 5.28. The number of hydrogen-bond donors (Lipinski definition) is 1. The molecule has 3 rings (SSSR count). The van der Waals surface area contributed by atoms with Crippen molar-refractivity contribution in [1.29, 1.82) is 0 Å². The molecule has 1 aromatic rings. The van der Waals surface area contributed by atoms with Crippen LogP contribution >= 0.6 is 0 Å². The van der Waals surface area contributed by atoms with Crippen molar-refractivity contribution < 1.29 is 9.84 Å². The summed E-state index contributed by atoms with van der Waals surface area (Å²) in [5, 5.41) is 10.4. The van der Waals surface area contributed by atoms with Crippen molar-refractivity contribution >= 4 is 0 Å². The fraction of sp³-hybridized carbons (Fsp3) is 0.684. The van der Waals surface area contributed by atoms with E-state index in [4.69, 9.17) is 4.74 Å². The van der Waals surface area contributed by atoms with Crippen molar-refractivity contribution in [2.75, 3.05) is 13.2 Å². The predicted octanol–water partition coefficient (Wildman–Crippen LogP) is 4.19. The van der Waals surface area contributed by atoms with Gasteiger partial charge in [-0.3, -0.25) is 4.90 Å². The quantitative estimate of drug-likeness (QED) is 0.905. The van der Waals surface area contributed by atoms with Gasteiger partial charge in [0.1, 0.15) is 0 Å². The van der Waals surface area contributed by atoms with Crippen LogP contribution in [0.3, 0.4) is 0 Å². The van der Waals surface area contributed by atoms with Crippen LogP contribution in [0, 0.1) is 10.8 Å². The second-order valence-electron chi connectivity index (χ2n) is 8.32. The van der Waals surface area contributed by atoms with Crippen LogP contribution in [0.1, 0.15) is 52.5 Å². The zero-order chi connectivity index (χ0) is 16.0. The van der Waals surface area contributed by atoms with Gasteiger partial charge in [-0.25, -0.2) is 0 Å². The first-order chi connectivity index (χ1) is 10.3. The zero-order valence-electron chi connectivity index (χ0n) is 14.4. The average molecular weight is 303 g/mol. The van der Waals surface area contributed by atoms with Crippen molar-refractivity contribution in [2.45, 2.75) is 59.5 Å². The molecule has 2 fully saturated rings. The SMILES string of the molecule is CCOc1cccc(CN2CC3(C)CC2CC(C)(C)C3)c1O. The van der Waals surface area contributed by atoms with Crippen LogP contribution in [-0.4, -0.2) is 29.2 Å². The first-order valence-corrected chi connectivity index (χ1v) is 8.50. The lowest BCUT2D eigenvalue weighted by atomic mass is 9.65. The van der Waals surface area contributed by atoms with Crippen LogP contribution in [0.2, 0.25) is 0 Å². The Balaban J connectivity index is 1.79. The molecule has 1 aliphatic carbocycles. The van der Waals surface area contributed by atoms with Crippen LogP contribution in [0.5, 0.6) is 11.5 Å². The van der Waals surface area contributed by atoms with Gasteiger partial charge in [0.15, 0.2) is 11.5 Å². The number of para-hydroxylation sites is 1. The molecule has 2 aliphatic rings. The van der Waals surface area contributed by atoms with E-state index in [2.05, 4.69) is 25.7 Å². The molecule has 1 aromatic carbocycles. The van der Waals surface area contributed by atoms with E-state index in [1.54, 1.807) is 0 Å². The van der Waals surface area contributed by atoms with Crippen molar-refractivity contribution in [3.05, 3.63) is 23.8 Å². The summed E-state index contributed by atoms with van der Waals surface area (Å²) < 4.78 is 5.51. The summed E-state index contributed by atoms with van der Waals surface area (Å²) >= 11 is 0. The van der Waals surface area contributed by atoms with E-state index in [-0.39, 0.29) is 0 Å². The van der Waals surface area contributed by atoms with Crippen LogP contribution in [0.15, 0.2) is 18.2 Å². The molecule has 2 bridgehead atoms. The molecule has 122 valence electrons. The number of rotatable bonds is 4. The number of nitrogens with zero attached hydrogens (tertiary/aromatic N) is 1. The van der Waals surface area contributed by atoms with Gasteiger partial charge in [-0.05, 0) is 43.1 Å². The maximum atomic E-state index is 10.4. The van der Waals surface area contributed by atoms with Crippen LogP contribution < -0.4 is 4.74 Å². The molecule has 1 N–H and O–H groups in total. The normalized spacial score (nSPS) is 30.5. The summed E-state index contributed by atoms with van der Waals surface area (Å²) in [4.78, 5) is 2.57. The summed E-state index contributed by atoms with van der Waals surface area (Å²) in [7, 11) is 0. The van der Waals surface area contributed by atoms with Gasteiger partial charge in [-0.1, -0.05) is 32.9 Å². The molecular weight excluding hydrogens is 274 g/mol. The van der Waals surface area contributed by atoms with Gasteiger partial charge in [-0.2, -0.15) is 0 Å². The maximum Gasteiger partial charge on any atom is 0.162 e. The Hall–Kier alpha value is -1.22. The topological polar surface area (TPSA) is 32.7 Å². The number of ether oxygens (including phenoxy) is 1. The van der Waals surface area contributed by atoms with Gasteiger partial charge in [0.2, 0.25) is 0 Å². The van der Waals surface area contributed by atoms with E-state index in [1.807, 2.05) is 25.1 Å². The highest BCUT2D eigenvalue weighted by molar-refractivity contribution is 5.45. The minimum Gasteiger partial charge on any atom is -0.504 e. The van der Waals surface area contributed by atoms with E-state index >= 15 is 0 Å². The average Bonchev–Trinajstić information content (AvgIpc) is 2.63. The minimum atomic E-state index is 0.315. The van der Waals surface area contributed by atoms with Crippen LogP contribution in [0.25, 0.3) is 0 Å². The highest BCUT2D eigenvalue weighted by atomic mass is 16.5. The van der Waals surface area contributed by atoms with E-state index in [0.717, 1.165) is 18.7 Å². The summed E-state index contributed by atoms with van der Waals surface area (Å²) in [5.41, 5.74) is 1.85. The standard InChI is InChI=1S/C19H29NO2/c1-5-22-16-8-6-7-14(17(16)21)11-20-13-19(4)10-15(20)9-18(2,3)12-19/h6-8,15,21H,5,9-13H2,1-4H3. The number of aromatic hydroxyl groups is 1. The molecule has 2 atom stereocenters. The van der Waals surface area contributed by atoms with E-state index in [0.29, 0.717) is 35.0 Å². The first-order valence-electron chi connectivity index (χ1n) is 8.50. The molecule has 1 saturated heterocycles. The molecule has 2 unspecified atom stereocenters. The van der Waals surface area contributed by atoms with Crippen LogP contribution in [-0.2, 0) is 6.54 Å². The monoisotopic (exact) mass is 303 g/mol. The molecule has 3 nitrogen and oxygen atoms in total. The molecule has 0 spiro atoms. The third-order valence-corrected chi connectivity index (χ3v) is 5.28. The lowest BCUT2D eigenvalue weighted by molar-refractivity contribution is 0.126. The number of phenolic OH excluding ortho intramolecular Hbond substituents is 1. The molecule has 0 aromatic heterocycles. The molecule has 1 saturated carbocycles. The Kier molecular flexibility index (Phi) is 3.88. The van der Waals surface area contributed by atoms with Crippen molar-refractivity contribution in [3.8, 4) is 11.5 Å². The van der Waals surface area contributed by atoms with Gasteiger partial charge < -0.3 is 9.84 Å². The fourth-order valence-electron chi connectivity index (χ4n) is 4.95. The number of likely N-dealkylation sites (tertiary alicyclic amines) is 1. The summed E-state index contributed by atoms with van der Waals surface area (Å²) in [5.74, 6) is 0.920. The van der Waals surface area contributed by atoms with E-state index in [9.17, 15) is 5.11 Å². The number of benzene rings is 1. The molecular formula is C19H29NO2. The van der Waals surface area contributed by atoms with Gasteiger partial charge in [0.25, 0.3) is 0 Å². The Bertz CT molecular complexity index is 554. The summed E-state index contributed by atoms with van der Waals surface area (Å²) in [6.07, 6.45) is 3.86. The van der Waals surface area contributed by atoms with E-state index in [1.165, 1.54) is 19.3 Å². The van der Waals surface area contributed by atoms with Gasteiger partial charge in [0.05, 0.1) is 6.61 Å². The number of phenols is 1. The predicted molar refractivity (Wildman–Crippen MR) is 89.2 cm³/mol. The molecule has 0 radical (unpaired) electrons. The molecule has 0 amide bonds. The van der Waals surface area contributed by atoms with Crippen molar-refractivity contribution in [1.82, 2.24) is 4.90 Å². The summed E-state index contributed by atoms with van der Waals surface area (Å²) in [6.45, 7) is 11.7. The second kappa shape index (κ2) is 5.45. The smallest absolute Gasteiger partial charge is 0.162 e. The lowest BCUT2D eigenvalue weighted by Gasteiger charge is -2.40. The Morgan fingerprint density at radius 1 is 1.27 bits per heavy atom. The van der Waals surface area contributed by atoms with Crippen LogP contribution in [0.4, 0.5) is 0 Å². The zero-order valence-corrected chi connectivity index (χ0v) is 14.4. The van der Waals surface area contributed by atoms with Gasteiger partial charge >= 0.3 is 0 Å². The van der Waals surface area contributed by atoms with Crippen molar-refractivity contribution in [3.63, 3.8) is 0 Å². The molecule has 3 heteroatoms. The van der Waals surface area contributed by atoms with Gasteiger partial charge in [0, 0.05) is 24.7 Å². The molecule has 1 heterocycles. The third kappa shape index (κ3) is 2.96. The van der Waals surface area contributed by atoms with Crippen molar-refractivity contribution in [2.24, 2.45) is 10.8 Å². The Labute approximate surface area is 134 Å². The second-order valence-corrected chi connectivity index (χ2v) is 8.32.